The van der Waals surface area contributed by atoms with Crippen LogP contribution in [0.5, 0.6) is 5.75 Å². The summed E-state index contributed by atoms with van der Waals surface area (Å²) in [4.78, 5) is 39.9. The third-order valence-corrected chi connectivity index (χ3v) is 4.90. The molecule has 3 rings (SSSR count). The Hall–Kier alpha value is -2.41. The Morgan fingerprint density at radius 2 is 1.92 bits per heavy atom. The second kappa shape index (κ2) is 7.23. The first-order valence-corrected chi connectivity index (χ1v) is 8.65. The molecule has 1 aromatic carbocycles. The molecule has 25 heavy (non-hydrogen) atoms. The summed E-state index contributed by atoms with van der Waals surface area (Å²) in [7, 11) is 0. The minimum atomic E-state index is -0.476. The van der Waals surface area contributed by atoms with E-state index in [2.05, 4.69) is 0 Å². The number of hydrogen-bond donors (Lipinski definition) is 1. The van der Waals surface area contributed by atoms with Gasteiger partial charge in [0.25, 0.3) is 5.91 Å². The summed E-state index contributed by atoms with van der Waals surface area (Å²) >= 11 is 0. The maximum atomic E-state index is 12.9. The number of rotatable bonds is 5. The Morgan fingerprint density at radius 3 is 2.56 bits per heavy atom. The molecule has 2 aliphatic rings. The van der Waals surface area contributed by atoms with Crippen LogP contribution in [0.2, 0.25) is 0 Å². The number of carbonyl (C=O) groups is 3. The topological polar surface area (TPSA) is 92.9 Å². The van der Waals surface area contributed by atoms with Crippen LogP contribution in [0.3, 0.4) is 0 Å². The average molecular weight is 345 g/mol. The zero-order chi connectivity index (χ0) is 18.0. The molecule has 2 heterocycles. The molecule has 2 N–H and O–H groups in total. The predicted octanol–water partition coefficient (Wildman–Crippen LogP) is 0.915. The third kappa shape index (κ3) is 3.37. The van der Waals surface area contributed by atoms with E-state index >= 15 is 0 Å². The highest BCUT2D eigenvalue weighted by Crippen LogP contribution is 2.34. The van der Waals surface area contributed by atoms with Gasteiger partial charge >= 0.3 is 0 Å². The number of likely N-dealkylation sites (tertiary alicyclic amines) is 1. The number of primary amides is 1. The van der Waals surface area contributed by atoms with Gasteiger partial charge in [-0.05, 0) is 45.0 Å². The fourth-order valence-corrected chi connectivity index (χ4v) is 3.57. The van der Waals surface area contributed by atoms with Crippen LogP contribution in [0.25, 0.3) is 0 Å². The van der Waals surface area contributed by atoms with E-state index < -0.39 is 6.04 Å². The number of ether oxygens (including phenoxy) is 1. The highest BCUT2D eigenvalue weighted by Gasteiger charge is 2.44. The second-order valence-corrected chi connectivity index (χ2v) is 6.40. The Labute approximate surface area is 146 Å². The first-order valence-electron chi connectivity index (χ1n) is 8.65. The zero-order valence-corrected chi connectivity index (χ0v) is 14.3. The molecule has 2 fully saturated rings. The highest BCUT2D eigenvalue weighted by atomic mass is 16.5. The average Bonchev–Trinajstić information content (AvgIpc) is 2.90. The van der Waals surface area contributed by atoms with Crippen LogP contribution in [-0.2, 0) is 14.4 Å². The summed E-state index contributed by atoms with van der Waals surface area (Å²) in [6, 6.07) is 6.60. The van der Waals surface area contributed by atoms with Gasteiger partial charge in [-0.2, -0.15) is 0 Å². The largest absolute Gasteiger partial charge is 0.492 e. The molecule has 0 saturated carbocycles. The van der Waals surface area contributed by atoms with E-state index in [0.717, 1.165) is 0 Å². The van der Waals surface area contributed by atoms with E-state index in [1.54, 1.807) is 18.2 Å². The number of carbonyl (C=O) groups excluding carboxylic acids is 3. The van der Waals surface area contributed by atoms with E-state index in [1.807, 2.05) is 17.9 Å². The molecule has 0 bridgehead atoms. The molecular formula is C18H23N3O4. The number of piperidine rings is 1. The van der Waals surface area contributed by atoms with Gasteiger partial charge < -0.3 is 10.5 Å². The van der Waals surface area contributed by atoms with Gasteiger partial charge in [0, 0.05) is 5.92 Å². The molecule has 0 aromatic heterocycles. The molecule has 1 aromatic rings. The maximum Gasteiger partial charge on any atom is 0.251 e. The van der Waals surface area contributed by atoms with Crippen molar-refractivity contribution in [1.82, 2.24) is 4.90 Å². The minimum Gasteiger partial charge on any atom is -0.492 e. The molecule has 7 heteroatoms. The highest BCUT2D eigenvalue weighted by molar-refractivity contribution is 6.23. The molecule has 7 nitrogen and oxygen atoms in total. The van der Waals surface area contributed by atoms with Crippen molar-refractivity contribution in [2.24, 2.45) is 11.7 Å². The lowest BCUT2D eigenvalue weighted by atomic mass is 9.95. The lowest BCUT2D eigenvalue weighted by molar-refractivity contribution is -0.124. The lowest BCUT2D eigenvalue weighted by Crippen LogP contribution is -2.47. The summed E-state index contributed by atoms with van der Waals surface area (Å²) in [6.07, 6.45) is 1.41. The van der Waals surface area contributed by atoms with Crippen molar-refractivity contribution in [2.45, 2.75) is 32.2 Å². The van der Waals surface area contributed by atoms with Crippen LogP contribution in [0.1, 0.15) is 26.2 Å². The van der Waals surface area contributed by atoms with Crippen LogP contribution >= 0.6 is 0 Å². The Kier molecular flexibility index (Phi) is 5.03. The van der Waals surface area contributed by atoms with Gasteiger partial charge in [0.05, 0.1) is 24.8 Å². The number of amides is 3. The van der Waals surface area contributed by atoms with Crippen molar-refractivity contribution in [2.75, 3.05) is 24.6 Å². The van der Waals surface area contributed by atoms with Crippen molar-refractivity contribution in [3.8, 4) is 5.75 Å². The van der Waals surface area contributed by atoms with E-state index in [9.17, 15) is 14.4 Å². The number of para-hydroxylation sites is 2. The fraction of sp³-hybridized carbons (Fsp3) is 0.500. The van der Waals surface area contributed by atoms with Gasteiger partial charge in [0.2, 0.25) is 11.8 Å². The monoisotopic (exact) mass is 345 g/mol. The maximum absolute atomic E-state index is 12.9. The molecule has 3 amide bonds. The van der Waals surface area contributed by atoms with Crippen molar-refractivity contribution in [3.05, 3.63) is 24.3 Å². The number of hydrogen-bond acceptors (Lipinski definition) is 5. The van der Waals surface area contributed by atoms with Gasteiger partial charge in [0.1, 0.15) is 5.75 Å². The fourth-order valence-electron chi connectivity index (χ4n) is 3.57. The number of nitrogens with zero attached hydrogens (tertiary/aromatic N) is 2. The van der Waals surface area contributed by atoms with Gasteiger partial charge in [-0.15, -0.1) is 0 Å². The normalized spacial score (nSPS) is 22.4. The molecule has 2 aliphatic heterocycles. The minimum absolute atomic E-state index is 0.141. The summed E-state index contributed by atoms with van der Waals surface area (Å²) in [6.45, 7) is 3.50. The second-order valence-electron chi connectivity index (χ2n) is 6.40. The van der Waals surface area contributed by atoms with Crippen molar-refractivity contribution in [1.29, 1.82) is 0 Å². The summed E-state index contributed by atoms with van der Waals surface area (Å²) in [5, 5.41) is 0. The molecule has 0 aliphatic carbocycles. The molecular weight excluding hydrogens is 322 g/mol. The SMILES string of the molecule is CCOc1ccccc1N1C(=O)C[C@H](N2CCC(C(N)=O)CC2)C1=O. The molecule has 2 saturated heterocycles. The van der Waals surface area contributed by atoms with Crippen LogP contribution in [0.15, 0.2) is 24.3 Å². The number of imide groups is 1. The predicted molar refractivity (Wildman–Crippen MR) is 92.0 cm³/mol. The van der Waals surface area contributed by atoms with Crippen LogP contribution < -0.4 is 15.4 Å². The van der Waals surface area contributed by atoms with E-state index in [-0.39, 0.29) is 30.1 Å². The lowest BCUT2D eigenvalue weighted by Gasteiger charge is -2.33. The smallest absolute Gasteiger partial charge is 0.251 e. The van der Waals surface area contributed by atoms with Gasteiger partial charge in [-0.1, -0.05) is 12.1 Å². The molecule has 0 unspecified atom stereocenters. The zero-order valence-electron chi connectivity index (χ0n) is 14.3. The Bertz CT molecular complexity index is 683. The molecule has 1 atom stereocenters. The van der Waals surface area contributed by atoms with E-state index in [0.29, 0.717) is 44.0 Å². The third-order valence-electron chi connectivity index (χ3n) is 4.90. The Morgan fingerprint density at radius 1 is 1.24 bits per heavy atom. The standard InChI is InChI=1S/C18H23N3O4/c1-2-25-15-6-4-3-5-13(15)21-16(22)11-14(18(21)24)20-9-7-12(8-10-20)17(19)23/h3-6,12,14H,2,7-11H2,1H3,(H2,19,23)/t14-/m0/s1. The summed E-state index contributed by atoms with van der Waals surface area (Å²) < 4.78 is 5.56. The van der Waals surface area contributed by atoms with Crippen LogP contribution in [-0.4, -0.2) is 48.4 Å². The summed E-state index contributed by atoms with van der Waals surface area (Å²) in [5.41, 5.74) is 5.85. The number of benzene rings is 1. The van der Waals surface area contributed by atoms with E-state index in [1.165, 1.54) is 4.90 Å². The quantitative estimate of drug-likeness (QED) is 0.801. The van der Waals surface area contributed by atoms with Gasteiger partial charge in [-0.25, -0.2) is 4.90 Å². The number of anilines is 1. The van der Waals surface area contributed by atoms with Crippen molar-refractivity contribution >= 4 is 23.4 Å². The Balaban J connectivity index is 1.76. The molecule has 0 spiro atoms. The molecule has 0 radical (unpaired) electrons. The number of nitrogens with two attached hydrogens (primary N) is 1. The van der Waals surface area contributed by atoms with E-state index in [4.69, 9.17) is 10.5 Å². The van der Waals surface area contributed by atoms with Crippen molar-refractivity contribution < 1.29 is 19.1 Å². The van der Waals surface area contributed by atoms with Gasteiger partial charge in [-0.3, -0.25) is 19.3 Å². The molecule has 134 valence electrons. The van der Waals surface area contributed by atoms with Crippen molar-refractivity contribution in [3.63, 3.8) is 0 Å². The van der Waals surface area contributed by atoms with Gasteiger partial charge in [0.15, 0.2) is 0 Å². The van der Waals surface area contributed by atoms with Crippen LogP contribution in [0.4, 0.5) is 5.69 Å². The first kappa shape index (κ1) is 17.4. The summed E-state index contributed by atoms with van der Waals surface area (Å²) in [5.74, 6) is -0.354. The van der Waals surface area contributed by atoms with Crippen LogP contribution in [0, 0.1) is 5.92 Å². The first-order chi connectivity index (χ1) is 12.0.